The molecule has 0 saturated carbocycles. The molecule has 0 amide bonds. The lowest BCUT2D eigenvalue weighted by Gasteiger charge is -2.14. The Balaban J connectivity index is 1.81. The van der Waals surface area contributed by atoms with Crippen molar-refractivity contribution in [2.75, 3.05) is 26.5 Å². The second-order valence-corrected chi connectivity index (χ2v) is 8.26. The average molecular weight is 390 g/mol. The first-order valence-corrected chi connectivity index (χ1v) is 10.5. The normalized spacial score (nSPS) is 11.9. The summed E-state index contributed by atoms with van der Waals surface area (Å²) in [5.74, 6) is 1.54. The minimum absolute atomic E-state index is 0.0901. The molecule has 0 aromatic heterocycles. The molecule has 2 N–H and O–H groups in total. The fourth-order valence-corrected chi connectivity index (χ4v) is 3.94. The van der Waals surface area contributed by atoms with E-state index in [1.807, 2.05) is 25.1 Å². The highest BCUT2D eigenvalue weighted by atomic mass is 32.2. The van der Waals surface area contributed by atoms with Gasteiger partial charge in [0.25, 0.3) is 0 Å². The first kappa shape index (κ1) is 20.8. The summed E-state index contributed by atoms with van der Waals surface area (Å²) in [6, 6.07) is 14.6. The molecule has 0 aliphatic heterocycles. The molecule has 6 nitrogen and oxygen atoms in total. The number of nitrogens with zero attached hydrogens (tertiary/aromatic N) is 1. The minimum atomic E-state index is -3.25. The van der Waals surface area contributed by atoms with E-state index in [2.05, 4.69) is 15.6 Å². The number of aryl methyl sites for hydroxylation is 1. The van der Waals surface area contributed by atoms with Gasteiger partial charge < -0.3 is 15.4 Å². The van der Waals surface area contributed by atoms with Crippen molar-refractivity contribution in [3.8, 4) is 5.75 Å². The summed E-state index contributed by atoms with van der Waals surface area (Å²) in [7, 11) is 0.0841. The summed E-state index contributed by atoms with van der Waals surface area (Å²) < 4.78 is 29.9. The molecule has 0 aliphatic carbocycles. The largest absolute Gasteiger partial charge is 0.496 e. The van der Waals surface area contributed by atoms with E-state index in [1.165, 1.54) is 0 Å². The van der Waals surface area contributed by atoms with Crippen molar-refractivity contribution < 1.29 is 13.2 Å². The third kappa shape index (κ3) is 6.29. The van der Waals surface area contributed by atoms with Crippen LogP contribution < -0.4 is 15.4 Å². The van der Waals surface area contributed by atoms with Crippen LogP contribution in [0.2, 0.25) is 0 Å². The first-order chi connectivity index (χ1) is 13.0. The van der Waals surface area contributed by atoms with E-state index < -0.39 is 9.84 Å². The van der Waals surface area contributed by atoms with Crippen LogP contribution in [0.15, 0.2) is 58.4 Å². The number of rotatable bonds is 8. The predicted molar refractivity (Wildman–Crippen MR) is 109 cm³/mol. The highest BCUT2D eigenvalue weighted by Crippen LogP contribution is 2.19. The predicted octanol–water partition coefficient (Wildman–Crippen LogP) is 2.53. The van der Waals surface area contributed by atoms with Gasteiger partial charge in [0.2, 0.25) is 0 Å². The van der Waals surface area contributed by atoms with Crippen LogP contribution in [-0.4, -0.2) is 40.8 Å². The Bertz CT molecular complexity index is 865. The number of aliphatic imine (C=N–C) groups is 1. The fraction of sp³-hybridized carbons (Fsp3) is 0.350. The minimum Gasteiger partial charge on any atom is -0.496 e. The molecular weight excluding hydrogens is 362 g/mol. The zero-order valence-electron chi connectivity index (χ0n) is 16.0. The molecule has 0 bridgehead atoms. The van der Waals surface area contributed by atoms with Crippen molar-refractivity contribution >= 4 is 15.8 Å². The van der Waals surface area contributed by atoms with Crippen LogP contribution in [0.5, 0.6) is 5.75 Å². The lowest BCUT2D eigenvalue weighted by atomic mass is 10.1. The van der Waals surface area contributed by atoms with E-state index in [0.717, 1.165) is 16.9 Å². The van der Waals surface area contributed by atoms with Gasteiger partial charge in [-0.05, 0) is 37.1 Å². The van der Waals surface area contributed by atoms with Gasteiger partial charge in [-0.15, -0.1) is 0 Å². The van der Waals surface area contributed by atoms with Gasteiger partial charge in [-0.25, -0.2) is 8.42 Å². The van der Waals surface area contributed by atoms with E-state index >= 15 is 0 Å². The molecule has 2 aromatic carbocycles. The van der Waals surface area contributed by atoms with Crippen LogP contribution in [0.3, 0.4) is 0 Å². The molecule has 0 radical (unpaired) electrons. The molecule has 0 heterocycles. The summed E-state index contributed by atoms with van der Waals surface area (Å²) >= 11 is 0. The van der Waals surface area contributed by atoms with E-state index in [-0.39, 0.29) is 5.75 Å². The number of hydrogen-bond acceptors (Lipinski definition) is 4. The summed E-state index contributed by atoms with van der Waals surface area (Å²) in [4.78, 5) is 4.53. The molecule has 27 heavy (non-hydrogen) atoms. The highest BCUT2D eigenvalue weighted by Gasteiger charge is 2.13. The van der Waals surface area contributed by atoms with Crippen LogP contribution in [0.4, 0.5) is 0 Å². The Labute approximate surface area is 161 Å². The van der Waals surface area contributed by atoms with Crippen molar-refractivity contribution in [1.82, 2.24) is 10.6 Å². The topological polar surface area (TPSA) is 79.8 Å². The van der Waals surface area contributed by atoms with Crippen LogP contribution >= 0.6 is 0 Å². The molecule has 0 aliphatic rings. The van der Waals surface area contributed by atoms with Gasteiger partial charge in [0, 0.05) is 25.7 Å². The second kappa shape index (κ2) is 9.97. The summed E-state index contributed by atoms with van der Waals surface area (Å²) in [5, 5.41) is 6.36. The number of methoxy groups -OCH3 is 1. The Morgan fingerprint density at radius 3 is 2.52 bits per heavy atom. The van der Waals surface area contributed by atoms with Crippen LogP contribution in [0.1, 0.15) is 17.5 Å². The van der Waals surface area contributed by atoms with Crippen LogP contribution in [0.25, 0.3) is 0 Å². The molecule has 2 aromatic rings. The van der Waals surface area contributed by atoms with E-state index in [4.69, 9.17) is 4.74 Å². The van der Waals surface area contributed by atoms with Gasteiger partial charge in [-0.1, -0.05) is 30.3 Å². The number of sulfone groups is 1. The Morgan fingerprint density at radius 1 is 1.11 bits per heavy atom. The third-order valence-corrected chi connectivity index (χ3v) is 5.91. The second-order valence-electron chi connectivity index (χ2n) is 6.15. The summed E-state index contributed by atoms with van der Waals surface area (Å²) in [6.45, 7) is 3.09. The Hall–Kier alpha value is -2.54. The summed E-state index contributed by atoms with van der Waals surface area (Å²) in [6.07, 6.45) is 0.492. The van der Waals surface area contributed by atoms with Gasteiger partial charge in [-0.2, -0.15) is 0 Å². The fourth-order valence-electron chi connectivity index (χ4n) is 2.61. The van der Waals surface area contributed by atoms with Gasteiger partial charge in [0.15, 0.2) is 15.8 Å². The zero-order valence-corrected chi connectivity index (χ0v) is 16.8. The van der Waals surface area contributed by atoms with Crippen molar-refractivity contribution in [1.29, 1.82) is 0 Å². The molecule has 7 heteroatoms. The summed E-state index contributed by atoms with van der Waals surface area (Å²) in [5.41, 5.74) is 2.16. The van der Waals surface area contributed by atoms with Crippen LogP contribution in [-0.2, 0) is 16.4 Å². The monoisotopic (exact) mass is 389 g/mol. The van der Waals surface area contributed by atoms with Gasteiger partial charge in [-0.3, -0.25) is 4.99 Å². The third-order valence-electron chi connectivity index (χ3n) is 4.10. The molecule has 2 rings (SSSR count). The SMILES string of the molecule is CN=C(NCCCS(=O)(=O)c1ccccc1)NCc1ccc(C)cc1OC. The zero-order chi connectivity index (χ0) is 19.7. The maximum atomic E-state index is 12.3. The maximum Gasteiger partial charge on any atom is 0.191 e. The van der Waals surface area contributed by atoms with Crippen molar-refractivity contribution in [2.45, 2.75) is 24.8 Å². The van der Waals surface area contributed by atoms with Gasteiger partial charge in [0.1, 0.15) is 5.75 Å². The number of guanidine groups is 1. The van der Waals surface area contributed by atoms with Crippen molar-refractivity contribution in [2.24, 2.45) is 4.99 Å². The number of hydrogen-bond donors (Lipinski definition) is 2. The molecule has 0 spiro atoms. The lowest BCUT2D eigenvalue weighted by molar-refractivity contribution is 0.408. The van der Waals surface area contributed by atoms with Crippen molar-refractivity contribution in [3.63, 3.8) is 0 Å². The molecule has 0 unspecified atom stereocenters. The highest BCUT2D eigenvalue weighted by molar-refractivity contribution is 7.91. The lowest BCUT2D eigenvalue weighted by Crippen LogP contribution is -2.37. The van der Waals surface area contributed by atoms with Gasteiger partial charge in [0.05, 0.1) is 17.8 Å². The van der Waals surface area contributed by atoms with Crippen molar-refractivity contribution in [3.05, 3.63) is 59.7 Å². The van der Waals surface area contributed by atoms with Gasteiger partial charge >= 0.3 is 0 Å². The quantitative estimate of drug-likeness (QED) is 0.412. The first-order valence-electron chi connectivity index (χ1n) is 8.82. The van der Waals surface area contributed by atoms with E-state index in [0.29, 0.717) is 30.4 Å². The molecule has 0 atom stereocenters. The standard InChI is InChI=1S/C20H27N3O3S/c1-16-10-11-17(19(14-16)26-3)15-23-20(21-2)22-12-7-13-27(24,25)18-8-5-4-6-9-18/h4-6,8-11,14H,7,12-13,15H2,1-3H3,(H2,21,22,23). The number of nitrogens with one attached hydrogen (secondary N) is 2. The Morgan fingerprint density at radius 2 is 1.85 bits per heavy atom. The van der Waals surface area contributed by atoms with E-state index in [1.54, 1.807) is 44.5 Å². The smallest absolute Gasteiger partial charge is 0.191 e. The Kier molecular flexibility index (Phi) is 7.67. The number of ether oxygens (including phenoxy) is 1. The van der Waals surface area contributed by atoms with E-state index in [9.17, 15) is 8.42 Å². The average Bonchev–Trinajstić information content (AvgIpc) is 2.68. The molecular formula is C20H27N3O3S. The molecule has 0 saturated heterocycles. The molecule has 0 fully saturated rings. The number of benzene rings is 2. The maximum absolute atomic E-state index is 12.3. The molecule has 146 valence electrons. The van der Waals surface area contributed by atoms with Crippen LogP contribution in [0, 0.1) is 6.92 Å².